The summed E-state index contributed by atoms with van der Waals surface area (Å²) >= 11 is 0. The van der Waals surface area contributed by atoms with Crippen LogP contribution < -0.4 is 5.73 Å². The molecule has 1 aliphatic carbocycles. The van der Waals surface area contributed by atoms with Gasteiger partial charge < -0.3 is 10.8 Å². The van der Waals surface area contributed by atoms with Gasteiger partial charge in [-0.1, -0.05) is 37.5 Å². The molecule has 1 saturated carbocycles. The van der Waals surface area contributed by atoms with Crippen LogP contribution in [0.4, 0.5) is 0 Å². The highest BCUT2D eigenvalue weighted by Crippen LogP contribution is 2.43. The molecule has 0 atom stereocenters. The molecule has 0 heterocycles. The summed E-state index contributed by atoms with van der Waals surface area (Å²) in [5, 5.41) is 9.15. The first kappa shape index (κ1) is 15.0. The predicted molar refractivity (Wildman–Crippen MR) is 80.5 cm³/mol. The van der Waals surface area contributed by atoms with Gasteiger partial charge in [-0.15, -0.1) is 0 Å². The molecule has 3 N–H and O–H groups in total. The molecule has 110 valence electrons. The highest BCUT2D eigenvalue weighted by Gasteiger charge is 2.32. The summed E-state index contributed by atoms with van der Waals surface area (Å²) in [7, 11) is 0. The summed E-state index contributed by atoms with van der Waals surface area (Å²) in [6.07, 6.45) is 8.99. The molecule has 0 aliphatic heterocycles. The number of hydrogen-bond donors (Lipinski definition) is 2. The second kappa shape index (κ2) is 6.89. The standard InChI is InChI=1S/C17H25NO2/c18-16(20)15-8-3-2-7-14(15)13-17(11-6-12-19)9-4-1-5-10-17/h2-3,7-8,19H,1,4-6,9-13H2,(H2,18,20). The highest BCUT2D eigenvalue weighted by molar-refractivity contribution is 5.94. The summed E-state index contributed by atoms with van der Waals surface area (Å²) in [5.74, 6) is -0.339. The van der Waals surface area contributed by atoms with Crippen LogP contribution in [-0.2, 0) is 6.42 Å². The average molecular weight is 275 g/mol. The van der Waals surface area contributed by atoms with E-state index in [1.807, 2.05) is 24.3 Å². The third kappa shape index (κ3) is 3.60. The number of benzene rings is 1. The molecular formula is C17H25NO2. The Hall–Kier alpha value is -1.35. The second-order valence-electron chi connectivity index (χ2n) is 6.09. The average Bonchev–Trinajstić information content (AvgIpc) is 2.46. The van der Waals surface area contributed by atoms with Crippen LogP contribution >= 0.6 is 0 Å². The molecule has 0 aromatic heterocycles. The van der Waals surface area contributed by atoms with Crippen LogP contribution in [0.15, 0.2) is 24.3 Å². The Morgan fingerprint density at radius 3 is 2.55 bits per heavy atom. The number of aliphatic hydroxyl groups is 1. The van der Waals surface area contributed by atoms with Gasteiger partial charge >= 0.3 is 0 Å². The summed E-state index contributed by atoms with van der Waals surface area (Å²) in [4.78, 5) is 11.6. The van der Waals surface area contributed by atoms with Gasteiger partial charge in [-0.05, 0) is 49.1 Å². The number of carbonyl (C=O) groups excluding carboxylic acids is 1. The first-order chi connectivity index (χ1) is 9.67. The molecule has 1 aliphatic rings. The first-order valence-corrected chi connectivity index (χ1v) is 7.65. The molecule has 1 aromatic rings. The van der Waals surface area contributed by atoms with Crippen molar-refractivity contribution in [2.24, 2.45) is 11.1 Å². The van der Waals surface area contributed by atoms with Crippen molar-refractivity contribution in [3.05, 3.63) is 35.4 Å². The fourth-order valence-corrected chi connectivity index (χ4v) is 3.59. The van der Waals surface area contributed by atoms with Crippen LogP contribution in [0.1, 0.15) is 60.9 Å². The lowest BCUT2D eigenvalue weighted by Crippen LogP contribution is -2.28. The molecule has 0 radical (unpaired) electrons. The highest BCUT2D eigenvalue weighted by atomic mass is 16.2. The van der Waals surface area contributed by atoms with Gasteiger partial charge in [-0.25, -0.2) is 0 Å². The maximum Gasteiger partial charge on any atom is 0.248 e. The number of hydrogen-bond acceptors (Lipinski definition) is 2. The molecule has 3 heteroatoms. The lowest BCUT2D eigenvalue weighted by molar-refractivity contribution is 0.0996. The number of amides is 1. The van der Waals surface area contributed by atoms with E-state index >= 15 is 0 Å². The molecule has 1 aromatic carbocycles. The van der Waals surface area contributed by atoms with Gasteiger partial charge in [0.15, 0.2) is 0 Å². The maximum atomic E-state index is 11.6. The van der Waals surface area contributed by atoms with Gasteiger partial charge in [-0.2, -0.15) is 0 Å². The fourth-order valence-electron chi connectivity index (χ4n) is 3.59. The van der Waals surface area contributed by atoms with Gasteiger partial charge in [-0.3, -0.25) is 4.79 Å². The SMILES string of the molecule is NC(=O)c1ccccc1CC1(CCCO)CCCCC1. The van der Waals surface area contributed by atoms with E-state index in [2.05, 4.69) is 0 Å². The lowest BCUT2D eigenvalue weighted by atomic mass is 9.67. The van der Waals surface area contributed by atoms with Gasteiger partial charge in [0.2, 0.25) is 5.91 Å². The predicted octanol–water partition coefficient (Wildman–Crippen LogP) is 3.05. The number of nitrogens with two attached hydrogens (primary N) is 1. The molecule has 0 bridgehead atoms. The Morgan fingerprint density at radius 2 is 1.90 bits per heavy atom. The Kier molecular flexibility index (Phi) is 5.18. The van der Waals surface area contributed by atoms with E-state index in [1.165, 1.54) is 32.1 Å². The van der Waals surface area contributed by atoms with Crippen molar-refractivity contribution in [3.8, 4) is 0 Å². The Balaban J connectivity index is 2.21. The summed E-state index contributed by atoms with van der Waals surface area (Å²) < 4.78 is 0. The van der Waals surface area contributed by atoms with Crippen LogP contribution in [0.25, 0.3) is 0 Å². The number of rotatable bonds is 6. The quantitative estimate of drug-likeness (QED) is 0.838. The van der Waals surface area contributed by atoms with E-state index in [0.29, 0.717) is 5.56 Å². The zero-order valence-electron chi connectivity index (χ0n) is 12.1. The molecule has 3 nitrogen and oxygen atoms in total. The van der Waals surface area contributed by atoms with Crippen LogP contribution in [0.5, 0.6) is 0 Å². The largest absolute Gasteiger partial charge is 0.396 e. The molecule has 0 spiro atoms. The second-order valence-corrected chi connectivity index (χ2v) is 6.09. The summed E-state index contributed by atoms with van der Waals surface area (Å²) in [5.41, 5.74) is 7.45. The normalized spacial score (nSPS) is 17.9. The Bertz CT molecular complexity index is 450. The van der Waals surface area contributed by atoms with E-state index in [4.69, 9.17) is 10.8 Å². The fraction of sp³-hybridized carbons (Fsp3) is 0.588. The van der Waals surface area contributed by atoms with Crippen molar-refractivity contribution in [1.29, 1.82) is 0 Å². The van der Waals surface area contributed by atoms with E-state index < -0.39 is 0 Å². The van der Waals surface area contributed by atoms with E-state index in [9.17, 15) is 4.79 Å². The molecule has 1 amide bonds. The summed E-state index contributed by atoms with van der Waals surface area (Å²) in [6, 6.07) is 7.69. The van der Waals surface area contributed by atoms with Crippen molar-refractivity contribution in [1.82, 2.24) is 0 Å². The van der Waals surface area contributed by atoms with Crippen molar-refractivity contribution < 1.29 is 9.90 Å². The number of carbonyl (C=O) groups is 1. The third-order valence-electron chi connectivity index (χ3n) is 4.63. The number of aliphatic hydroxyl groups excluding tert-OH is 1. The molecule has 1 fully saturated rings. The van der Waals surface area contributed by atoms with Crippen LogP contribution in [0, 0.1) is 5.41 Å². The number of primary amides is 1. The minimum atomic E-state index is -0.339. The molecule has 2 rings (SSSR count). The zero-order valence-corrected chi connectivity index (χ0v) is 12.1. The topological polar surface area (TPSA) is 63.3 Å². The van der Waals surface area contributed by atoms with Crippen molar-refractivity contribution in [2.45, 2.75) is 51.4 Å². The molecule has 0 saturated heterocycles. The molecule has 20 heavy (non-hydrogen) atoms. The smallest absolute Gasteiger partial charge is 0.248 e. The van der Waals surface area contributed by atoms with Gasteiger partial charge in [0.25, 0.3) is 0 Å². The maximum absolute atomic E-state index is 11.6. The van der Waals surface area contributed by atoms with E-state index in [1.54, 1.807) is 0 Å². The summed E-state index contributed by atoms with van der Waals surface area (Å²) in [6.45, 7) is 0.249. The minimum Gasteiger partial charge on any atom is -0.396 e. The van der Waals surface area contributed by atoms with Crippen LogP contribution in [0.2, 0.25) is 0 Å². The van der Waals surface area contributed by atoms with Crippen molar-refractivity contribution in [2.75, 3.05) is 6.61 Å². The Morgan fingerprint density at radius 1 is 1.20 bits per heavy atom. The first-order valence-electron chi connectivity index (χ1n) is 7.65. The molecular weight excluding hydrogens is 250 g/mol. The van der Waals surface area contributed by atoms with Gasteiger partial charge in [0.05, 0.1) is 0 Å². The van der Waals surface area contributed by atoms with Crippen molar-refractivity contribution in [3.63, 3.8) is 0 Å². The van der Waals surface area contributed by atoms with Gasteiger partial charge in [0.1, 0.15) is 0 Å². The zero-order chi connectivity index (χ0) is 14.4. The van der Waals surface area contributed by atoms with E-state index in [-0.39, 0.29) is 17.9 Å². The van der Waals surface area contributed by atoms with Crippen molar-refractivity contribution >= 4 is 5.91 Å². The molecule has 0 unspecified atom stereocenters. The Labute approximate surface area is 121 Å². The van der Waals surface area contributed by atoms with Crippen LogP contribution in [-0.4, -0.2) is 17.6 Å². The van der Waals surface area contributed by atoms with Crippen LogP contribution in [0.3, 0.4) is 0 Å². The monoisotopic (exact) mass is 275 g/mol. The lowest BCUT2D eigenvalue weighted by Gasteiger charge is -2.38. The van der Waals surface area contributed by atoms with Gasteiger partial charge in [0, 0.05) is 12.2 Å². The van der Waals surface area contributed by atoms with E-state index in [0.717, 1.165) is 24.8 Å². The minimum absolute atomic E-state index is 0.243. The third-order valence-corrected chi connectivity index (χ3v) is 4.63.